The van der Waals surface area contributed by atoms with E-state index < -0.39 is 0 Å². The zero-order valence-electron chi connectivity index (χ0n) is 20.3. The summed E-state index contributed by atoms with van der Waals surface area (Å²) in [6.45, 7) is 4.37. The first-order valence-electron chi connectivity index (χ1n) is 12.3. The van der Waals surface area contributed by atoms with Gasteiger partial charge in [-0.1, -0.05) is 61.0 Å². The van der Waals surface area contributed by atoms with Gasteiger partial charge in [0.05, 0.1) is 13.7 Å². The Morgan fingerprint density at radius 1 is 0.941 bits per heavy atom. The van der Waals surface area contributed by atoms with Gasteiger partial charge in [-0.3, -0.25) is 9.69 Å². The van der Waals surface area contributed by atoms with Crippen molar-refractivity contribution in [2.45, 2.75) is 45.1 Å². The Labute approximate surface area is 203 Å². The molecule has 0 N–H and O–H groups in total. The minimum atomic E-state index is 0.0238. The van der Waals surface area contributed by atoms with E-state index in [9.17, 15) is 4.79 Å². The summed E-state index contributed by atoms with van der Waals surface area (Å²) in [7, 11) is 1.61. The van der Waals surface area contributed by atoms with Crippen molar-refractivity contribution >= 4 is 5.78 Å². The first-order valence-corrected chi connectivity index (χ1v) is 12.3. The molecule has 178 valence electrons. The Balaban J connectivity index is 1.29. The highest BCUT2D eigenvalue weighted by Gasteiger charge is 2.22. The van der Waals surface area contributed by atoms with Gasteiger partial charge in [0.25, 0.3) is 0 Å². The molecule has 0 bridgehead atoms. The summed E-state index contributed by atoms with van der Waals surface area (Å²) >= 11 is 0. The molecule has 0 aromatic heterocycles. The maximum Gasteiger partial charge on any atom is 0.161 e. The fourth-order valence-corrected chi connectivity index (χ4v) is 4.78. The fraction of sp³-hybridized carbons (Fsp3) is 0.367. The number of hydrogen-bond acceptors (Lipinski definition) is 4. The van der Waals surface area contributed by atoms with Crippen molar-refractivity contribution in [2.75, 3.05) is 26.8 Å². The number of Topliss-reactive ketones (excluding diaryl/α,β-unsaturated/α-hetero) is 1. The number of carbonyl (C=O) groups is 1. The molecule has 1 unspecified atom stereocenters. The summed E-state index contributed by atoms with van der Waals surface area (Å²) in [4.78, 5) is 14.2. The van der Waals surface area contributed by atoms with Gasteiger partial charge in [0.15, 0.2) is 17.3 Å². The average Bonchev–Trinajstić information content (AvgIpc) is 2.88. The molecule has 1 atom stereocenters. The number of ether oxygens (including phenoxy) is 2. The molecule has 0 spiro atoms. The molecule has 1 aliphatic heterocycles. The first-order chi connectivity index (χ1) is 16.6. The van der Waals surface area contributed by atoms with Crippen LogP contribution in [0.1, 0.15) is 48.5 Å². The number of hydrogen-bond donors (Lipinski definition) is 0. The van der Waals surface area contributed by atoms with E-state index >= 15 is 0 Å². The predicted octanol–water partition coefficient (Wildman–Crippen LogP) is 6.43. The Kier molecular flexibility index (Phi) is 8.37. The summed E-state index contributed by atoms with van der Waals surface area (Å²) in [5, 5.41) is 0. The van der Waals surface area contributed by atoms with Crippen molar-refractivity contribution < 1.29 is 14.3 Å². The maximum atomic E-state index is 11.6. The summed E-state index contributed by atoms with van der Waals surface area (Å²) in [5.41, 5.74) is 4.58. The molecule has 0 amide bonds. The predicted molar refractivity (Wildman–Crippen MR) is 138 cm³/mol. The van der Waals surface area contributed by atoms with E-state index in [4.69, 9.17) is 9.47 Å². The third kappa shape index (κ3) is 6.27. The van der Waals surface area contributed by atoms with Crippen molar-refractivity contribution in [3.05, 3.63) is 83.9 Å². The molecule has 4 nitrogen and oxygen atoms in total. The van der Waals surface area contributed by atoms with Crippen molar-refractivity contribution in [3.8, 4) is 22.6 Å². The van der Waals surface area contributed by atoms with Crippen molar-refractivity contribution in [2.24, 2.45) is 0 Å². The van der Waals surface area contributed by atoms with E-state index in [-0.39, 0.29) is 5.78 Å². The number of rotatable bonds is 10. The topological polar surface area (TPSA) is 38.8 Å². The van der Waals surface area contributed by atoms with Gasteiger partial charge in [0.2, 0.25) is 0 Å². The molecule has 0 saturated carbocycles. The lowest BCUT2D eigenvalue weighted by molar-refractivity contribution is 0.101. The number of likely N-dealkylation sites (tertiary alicyclic amines) is 1. The molecule has 4 heteroatoms. The van der Waals surface area contributed by atoms with Gasteiger partial charge in [-0.15, -0.1) is 0 Å². The zero-order valence-corrected chi connectivity index (χ0v) is 20.3. The molecular formula is C30H35NO3. The molecule has 1 saturated heterocycles. The Hall–Kier alpha value is -3.11. The number of methoxy groups -OCH3 is 1. The number of piperidine rings is 1. The van der Waals surface area contributed by atoms with Gasteiger partial charge >= 0.3 is 0 Å². The molecule has 0 aliphatic carbocycles. The number of carbonyl (C=O) groups excluding carboxylic acids is 1. The molecule has 0 radical (unpaired) electrons. The van der Waals surface area contributed by atoms with E-state index in [1.165, 1.54) is 36.0 Å². The normalized spacial score (nSPS) is 16.2. The standard InChI is InChI=1S/C30H35NO3/c1-23(32)27-16-17-29(30(22-27)33-2)34-20-8-19-31-18-7-6-11-28(31)21-24-12-14-26(15-13-24)25-9-4-3-5-10-25/h3-5,9-10,12-17,22,28H,6-8,11,18-21H2,1-2H3. The van der Waals surface area contributed by atoms with E-state index in [1.54, 1.807) is 26.2 Å². The fourth-order valence-electron chi connectivity index (χ4n) is 4.78. The Morgan fingerprint density at radius 2 is 1.71 bits per heavy atom. The van der Waals surface area contributed by atoms with Gasteiger partial charge in [-0.25, -0.2) is 0 Å². The largest absolute Gasteiger partial charge is 0.493 e. The zero-order chi connectivity index (χ0) is 23.8. The smallest absolute Gasteiger partial charge is 0.161 e. The average molecular weight is 458 g/mol. The van der Waals surface area contributed by atoms with E-state index in [2.05, 4.69) is 59.5 Å². The molecule has 4 rings (SSSR count). The van der Waals surface area contributed by atoms with Crippen molar-refractivity contribution in [1.82, 2.24) is 4.90 Å². The van der Waals surface area contributed by atoms with Gasteiger partial charge in [0.1, 0.15) is 0 Å². The number of ketones is 1. The molecule has 1 heterocycles. The Morgan fingerprint density at radius 3 is 2.44 bits per heavy atom. The molecule has 3 aromatic rings. The quantitative estimate of drug-likeness (QED) is 0.260. The number of nitrogens with zero attached hydrogens (tertiary/aromatic N) is 1. The van der Waals surface area contributed by atoms with Crippen LogP contribution >= 0.6 is 0 Å². The van der Waals surface area contributed by atoms with E-state index in [0.717, 1.165) is 25.9 Å². The van der Waals surface area contributed by atoms with Gasteiger partial charge in [-0.05, 0) is 74.0 Å². The lowest BCUT2D eigenvalue weighted by atomic mass is 9.94. The van der Waals surface area contributed by atoms with Crippen LogP contribution in [0, 0.1) is 0 Å². The minimum Gasteiger partial charge on any atom is -0.493 e. The summed E-state index contributed by atoms with van der Waals surface area (Å²) in [6, 6.07) is 25.6. The molecule has 34 heavy (non-hydrogen) atoms. The van der Waals surface area contributed by atoms with Crippen LogP contribution in [-0.4, -0.2) is 43.5 Å². The Bertz CT molecular complexity index is 1060. The highest BCUT2D eigenvalue weighted by molar-refractivity contribution is 5.94. The molecule has 1 fully saturated rings. The first kappa shape index (κ1) is 24.0. The van der Waals surface area contributed by atoms with Crippen LogP contribution < -0.4 is 9.47 Å². The monoisotopic (exact) mass is 457 g/mol. The van der Waals surface area contributed by atoms with Crippen LogP contribution in [0.3, 0.4) is 0 Å². The van der Waals surface area contributed by atoms with Crippen LogP contribution in [0.15, 0.2) is 72.8 Å². The van der Waals surface area contributed by atoms with Crippen molar-refractivity contribution in [1.29, 1.82) is 0 Å². The van der Waals surface area contributed by atoms with Crippen molar-refractivity contribution in [3.63, 3.8) is 0 Å². The van der Waals surface area contributed by atoms with Gasteiger partial charge in [0, 0.05) is 18.2 Å². The van der Waals surface area contributed by atoms with Crippen LogP contribution in [0.25, 0.3) is 11.1 Å². The second-order valence-corrected chi connectivity index (χ2v) is 9.08. The second-order valence-electron chi connectivity index (χ2n) is 9.08. The van der Waals surface area contributed by atoms with Crippen LogP contribution in [-0.2, 0) is 6.42 Å². The lowest BCUT2D eigenvalue weighted by Gasteiger charge is -2.36. The lowest BCUT2D eigenvalue weighted by Crippen LogP contribution is -2.41. The van der Waals surface area contributed by atoms with Gasteiger partial charge in [-0.2, -0.15) is 0 Å². The SMILES string of the molecule is COc1cc(C(C)=O)ccc1OCCCN1CCCCC1Cc1ccc(-c2ccccc2)cc1. The third-order valence-corrected chi connectivity index (χ3v) is 6.70. The van der Waals surface area contributed by atoms with E-state index in [1.807, 2.05) is 6.07 Å². The molecule has 1 aliphatic rings. The highest BCUT2D eigenvalue weighted by Crippen LogP contribution is 2.29. The number of benzene rings is 3. The van der Waals surface area contributed by atoms with Gasteiger partial charge < -0.3 is 9.47 Å². The van der Waals surface area contributed by atoms with Crippen LogP contribution in [0.5, 0.6) is 11.5 Å². The summed E-state index contributed by atoms with van der Waals surface area (Å²) in [5.74, 6) is 1.33. The van der Waals surface area contributed by atoms with Crippen LogP contribution in [0.2, 0.25) is 0 Å². The minimum absolute atomic E-state index is 0.0238. The van der Waals surface area contributed by atoms with Crippen LogP contribution in [0.4, 0.5) is 0 Å². The summed E-state index contributed by atoms with van der Waals surface area (Å²) < 4.78 is 11.4. The highest BCUT2D eigenvalue weighted by atomic mass is 16.5. The molecular weight excluding hydrogens is 422 g/mol. The second kappa shape index (κ2) is 11.8. The maximum absolute atomic E-state index is 11.6. The third-order valence-electron chi connectivity index (χ3n) is 6.70. The molecule has 3 aromatic carbocycles. The van der Waals surface area contributed by atoms with E-state index in [0.29, 0.717) is 29.7 Å². The summed E-state index contributed by atoms with van der Waals surface area (Å²) in [6.07, 6.45) is 5.88.